The Morgan fingerprint density at radius 1 is 1.11 bits per heavy atom. The van der Waals surface area contributed by atoms with Crippen molar-refractivity contribution < 1.29 is 9.59 Å². The number of nitrogens with one attached hydrogen (secondary N) is 2. The maximum atomic E-state index is 12.9. The number of para-hydroxylation sites is 1. The number of hydrogen-bond acceptors (Lipinski definition) is 5. The second kappa shape index (κ2) is 5.80. The van der Waals surface area contributed by atoms with Crippen LogP contribution in [0, 0.1) is 0 Å². The van der Waals surface area contributed by atoms with Crippen LogP contribution >= 0.6 is 0 Å². The van der Waals surface area contributed by atoms with Gasteiger partial charge >= 0.3 is 0 Å². The summed E-state index contributed by atoms with van der Waals surface area (Å²) >= 11 is 0. The third kappa shape index (κ3) is 2.52. The van der Waals surface area contributed by atoms with E-state index in [-0.39, 0.29) is 11.8 Å². The Morgan fingerprint density at radius 2 is 1.93 bits per heavy atom. The van der Waals surface area contributed by atoms with Gasteiger partial charge in [0.1, 0.15) is 11.2 Å². The number of fused-ring (bicyclic) bond motifs is 2. The quantitative estimate of drug-likeness (QED) is 0.685. The van der Waals surface area contributed by atoms with E-state index in [2.05, 4.69) is 20.7 Å². The van der Waals surface area contributed by atoms with Gasteiger partial charge in [0, 0.05) is 44.0 Å². The smallest absolute Gasteiger partial charge is 0.259 e. The fourth-order valence-corrected chi connectivity index (χ4v) is 3.85. The Kier molecular flexibility index (Phi) is 3.40. The highest BCUT2D eigenvalue weighted by Gasteiger charge is 2.41. The zero-order chi connectivity index (χ0) is 18.4. The van der Waals surface area contributed by atoms with Crippen LogP contribution in [0.15, 0.2) is 48.9 Å². The van der Waals surface area contributed by atoms with Gasteiger partial charge in [-0.3, -0.25) is 9.59 Å². The third-order valence-corrected chi connectivity index (χ3v) is 5.31. The summed E-state index contributed by atoms with van der Waals surface area (Å²) in [6.45, 7) is 1.08. The monoisotopic (exact) mass is 362 g/mol. The fourth-order valence-electron chi connectivity index (χ4n) is 3.85. The molecule has 0 radical (unpaired) electrons. The number of rotatable bonds is 1. The first-order chi connectivity index (χ1) is 13.2. The highest BCUT2D eigenvalue weighted by atomic mass is 16.2. The normalized spacial score (nSPS) is 18.1. The third-order valence-electron chi connectivity index (χ3n) is 5.31. The van der Waals surface area contributed by atoms with Gasteiger partial charge in [-0.05, 0) is 18.2 Å². The van der Waals surface area contributed by atoms with Gasteiger partial charge in [-0.1, -0.05) is 12.1 Å². The summed E-state index contributed by atoms with van der Waals surface area (Å²) in [5.74, 6) is -0.156. The zero-order valence-electron chi connectivity index (χ0n) is 14.6. The van der Waals surface area contributed by atoms with E-state index in [0.29, 0.717) is 42.7 Å². The van der Waals surface area contributed by atoms with Gasteiger partial charge in [0.15, 0.2) is 5.65 Å². The van der Waals surface area contributed by atoms with Crippen molar-refractivity contribution in [2.24, 2.45) is 0 Å². The van der Waals surface area contributed by atoms with Crippen LogP contribution in [0.2, 0.25) is 0 Å². The Labute approximate surface area is 155 Å². The summed E-state index contributed by atoms with van der Waals surface area (Å²) in [4.78, 5) is 31.4. The largest absolute Gasteiger partial charge is 0.362 e. The lowest BCUT2D eigenvalue weighted by Gasteiger charge is -2.45. The van der Waals surface area contributed by atoms with E-state index in [9.17, 15) is 9.59 Å². The van der Waals surface area contributed by atoms with Crippen molar-refractivity contribution in [2.45, 2.75) is 18.5 Å². The Hall–Kier alpha value is -3.42. The number of carbonyl (C=O) groups excluding carboxylic acids is 2. The average molecular weight is 362 g/mol. The fraction of sp³-hybridized carbons (Fsp3) is 0.263. The van der Waals surface area contributed by atoms with E-state index in [1.54, 1.807) is 40.1 Å². The van der Waals surface area contributed by atoms with Crippen molar-refractivity contribution in [3.63, 3.8) is 0 Å². The Balaban J connectivity index is 1.35. The lowest BCUT2D eigenvalue weighted by molar-refractivity contribution is 0.0641. The molecule has 1 fully saturated rings. The van der Waals surface area contributed by atoms with Crippen molar-refractivity contribution in [3.05, 3.63) is 60.0 Å². The van der Waals surface area contributed by atoms with Crippen LogP contribution in [0.4, 0.5) is 5.69 Å². The minimum atomic E-state index is -0.512. The molecule has 0 atom stereocenters. The molecule has 8 heteroatoms. The highest BCUT2D eigenvalue weighted by Crippen LogP contribution is 2.31. The molecular weight excluding hydrogens is 344 g/mol. The summed E-state index contributed by atoms with van der Waals surface area (Å²) in [6, 6.07) is 9.26. The summed E-state index contributed by atoms with van der Waals surface area (Å²) in [5, 5.41) is 10.8. The van der Waals surface area contributed by atoms with E-state index in [1.807, 2.05) is 18.2 Å². The van der Waals surface area contributed by atoms with Crippen LogP contribution < -0.4 is 10.6 Å². The van der Waals surface area contributed by atoms with Crippen LogP contribution in [0.3, 0.4) is 0 Å². The minimum absolute atomic E-state index is 0.0732. The molecule has 3 aromatic rings. The molecule has 1 aromatic carbocycles. The van der Waals surface area contributed by atoms with Gasteiger partial charge in [0.05, 0.1) is 11.8 Å². The average Bonchev–Trinajstić information content (AvgIpc) is 3.12. The van der Waals surface area contributed by atoms with Crippen LogP contribution in [0.25, 0.3) is 5.65 Å². The van der Waals surface area contributed by atoms with Gasteiger partial charge in [-0.2, -0.15) is 5.10 Å². The number of anilines is 1. The van der Waals surface area contributed by atoms with Gasteiger partial charge < -0.3 is 15.5 Å². The van der Waals surface area contributed by atoms with Crippen molar-refractivity contribution in [1.82, 2.24) is 24.8 Å². The number of benzene rings is 1. The van der Waals surface area contributed by atoms with Gasteiger partial charge in [0.25, 0.3) is 11.8 Å². The molecule has 1 spiro atoms. The number of likely N-dealkylation sites (tertiary alicyclic amines) is 1. The molecule has 8 nitrogen and oxygen atoms in total. The maximum absolute atomic E-state index is 12.9. The molecule has 0 aliphatic carbocycles. The highest BCUT2D eigenvalue weighted by molar-refractivity contribution is 6.02. The summed E-state index contributed by atoms with van der Waals surface area (Å²) in [7, 11) is 0. The molecule has 5 rings (SSSR count). The Morgan fingerprint density at radius 3 is 2.78 bits per heavy atom. The molecular formula is C19H18N6O2. The van der Waals surface area contributed by atoms with E-state index in [4.69, 9.17) is 0 Å². The minimum Gasteiger partial charge on any atom is -0.362 e. The molecule has 0 saturated carbocycles. The summed E-state index contributed by atoms with van der Waals surface area (Å²) in [5.41, 5.74) is 2.03. The number of piperidine rings is 1. The van der Waals surface area contributed by atoms with E-state index in [1.165, 1.54) is 0 Å². The topological polar surface area (TPSA) is 91.6 Å². The lowest BCUT2D eigenvalue weighted by atomic mass is 9.92. The van der Waals surface area contributed by atoms with Crippen LogP contribution in [0.1, 0.15) is 33.6 Å². The molecule has 2 aliphatic rings. The summed E-state index contributed by atoms with van der Waals surface area (Å²) in [6.07, 6.45) is 6.24. The Bertz CT molecular complexity index is 1050. The molecule has 0 unspecified atom stereocenters. The first kappa shape index (κ1) is 15.8. The molecule has 2 N–H and O–H groups in total. The standard InChI is InChI=1S/C19H18N6O2/c26-17-13-4-1-2-5-15(13)22-19(23-17)6-10-24(11-7-19)18(27)14-12-21-25-9-3-8-20-16(14)25/h1-5,8-9,12,22H,6-7,10-11H2,(H,23,26). The lowest BCUT2D eigenvalue weighted by Crippen LogP contribution is -2.62. The SMILES string of the molecule is O=C1NC2(CCN(C(=O)c3cnn4cccnc34)CC2)Nc2ccccc21. The predicted molar refractivity (Wildman–Crippen MR) is 98.4 cm³/mol. The first-order valence-electron chi connectivity index (χ1n) is 8.93. The van der Waals surface area contributed by atoms with Crippen molar-refractivity contribution in [3.8, 4) is 0 Å². The number of amides is 2. The van der Waals surface area contributed by atoms with Crippen LogP contribution in [-0.4, -0.2) is 50.1 Å². The van der Waals surface area contributed by atoms with Crippen molar-refractivity contribution in [1.29, 1.82) is 0 Å². The molecule has 136 valence electrons. The van der Waals surface area contributed by atoms with Crippen LogP contribution in [-0.2, 0) is 0 Å². The zero-order valence-corrected chi connectivity index (χ0v) is 14.6. The molecule has 2 amide bonds. The molecule has 2 aromatic heterocycles. The summed E-state index contributed by atoms with van der Waals surface area (Å²) < 4.78 is 1.60. The molecule has 0 bridgehead atoms. The first-order valence-corrected chi connectivity index (χ1v) is 8.93. The molecule has 4 heterocycles. The second-order valence-corrected chi connectivity index (χ2v) is 6.95. The van der Waals surface area contributed by atoms with Gasteiger partial charge in [0.2, 0.25) is 0 Å². The number of carbonyl (C=O) groups is 2. The molecule has 1 saturated heterocycles. The molecule has 2 aliphatic heterocycles. The second-order valence-electron chi connectivity index (χ2n) is 6.95. The van der Waals surface area contributed by atoms with Crippen molar-refractivity contribution in [2.75, 3.05) is 18.4 Å². The molecule has 27 heavy (non-hydrogen) atoms. The van der Waals surface area contributed by atoms with Gasteiger partial charge in [-0.25, -0.2) is 9.50 Å². The van der Waals surface area contributed by atoms with E-state index in [0.717, 1.165) is 5.69 Å². The van der Waals surface area contributed by atoms with E-state index < -0.39 is 5.66 Å². The van der Waals surface area contributed by atoms with Gasteiger partial charge in [-0.15, -0.1) is 0 Å². The van der Waals surface area contributed by atoms with Crippen LogP contribution in [0.5, 0.6) is 0 Å². The number of aromatic nitrogens is 3. The predicted octanol–water partition coefficient (Wildman–Crippen LogP) is 1.52. The number of hydrogen-bond donors (Lipinski definition) is 2. The number of nitrogens with zero attached hydrogens (tertiary/aromatic N) is 4. The maximum Gasteiger partial charge on any atom is 0.259 e. The van der Waals surface area contributed by atoms with Crippen molar-refractivity contribution >= 4 is 23.1 Å². The van der Waals surface area contributed by atoms with E-state index >= 15 is 0 Å².